The van der Waals surface area contributed by atoms with Gasteiger partial charge in [-0.1, -0.05) is 0 Å². The Hall–Kier alpha value is -2.03. The van der Waals surface area contributed by atoms with Crippen molar-refractivity contribution in [2.24, 2.45) is 0 Å². The van der Waals surface area contributed by atoms with Gasteiger partial charge in [0.25, 0.3) is 0 Å². The summed E-state index contributed by atoms with van der Waals surface area (Å²) in [7, 11) is 2.09. The quantitative estimate of drug-likeness (QED) is 0.815. The highest BCUT2D eigenvalue weighted by molar-refractivity contribution is 5.52. The molecule has 1 heterocycles. The van der Waals surface area contributed by atoms with Crippen LogP contribution in [0.4, 0.5) is 11.4 Å². The van der Waals surface area contributed by atoms with E-state index in [0.29, 0.717) is 0 Å². The van der Waals surface area contributed by atoms with E-state index in [1.165, 1.54) is 11.3 Å². The van der Waals surface area contributed by atoms with E-state index in [4.69, 9.17) is 5.73 Å². The first kappa shape index (κ1) is 11.5. The molecule has 3 nitrogen and oxygen atoms in total. The minimum atomic E-state index is 0.802. The Labute approximate surface area is 102 Å². The number of rotatable bonds is 4. The van der Waals surface area contributed by atoms with E-state index in [1.54, 1.807) is 0 Å². The van der Waals surface area contributed by atoms with Gasteiger partial charge in [0.1, 0.15) is 0 Å². The summed E-state index contributed by atoms with van der Waals surface area (Å²) in [6.07, 6.45) is 4.68. The van der Waals surface area contributed by atoms with E-state index in [9.17, 15) is 0 Å². The average Bonchev–Trinajstić information content (AvgIpc) is 2.38. The molecule has 0 saturated heterocycles. The zero-order chi connectivity index (χ0) is 12.1. The van der Waals surface area contributed by atoms with Crippen LogP contribution in [0.15, 0.2) is 48.8 Å². The van der Waals surface area contributed by atoms with Gasteiger partial charge in [0.15, 0.2) is 0 Å². The van der Waals surface area contributed by atoms with Crippen LogP contribution in [0.2, 0.25) is 0 Å². The van der Waals surface area contributed by atoms with Crippen molar-refractivity contribution in [1.82, 2.24) is 4.98 Å². The van der Waals surface area contributed by atoms with Crippen LogP contribution in [-0.2, 0) is 6.42 Å². The van der Waals surface area contributed by atoms with Crippen molar-refractivity contribution < 1.29 is 0 Å². The van der Waals surface area contributed by atoms with Crippen molar-refractivity contribution in [2.45, 2.75) is 6.42 Å². The van der Waals surface area contributed by atoms with Gasteiger partial charge in [-0.15, -0.1) is 0 Å². The predicted octanol–water partition coefficient (Wildman–Crippen LogP) is 2.34. The molecule has 0 aliphatic carbocycles. The molecule has 3 heteroatoms. The molecular formula is C14H17N3. The molecule has 0 saturated carbocycles. The van der Waals surface area contributed by atoms with Crippen molar-refractivity contribution in [1.29, 1.82) is 0 Å². The Kier molecular flexibility index (Phi) is 3.60. The first-order valence-electron chi connectivity index (χ1n) is 5.71. The van der Waals surface area contributed by atoms with E-state index in [2.05, 4.69) is 29.1 Å². The van der Waals surface area contributed by atoms with Crippen LogP contribution in [0, 0.1) is 0 Å². The summed E-state index contributed by atoms with van der Waals surface area (Å²) in [6, 6.07) is 12.0. The van der Waals surface area contributed by atoms with Gasteiger partial charge in [-0.3, -0.25) is 4.98 Å². The first-order chi connectivity index (χ1) is 8.25. The molecule has 2 aromatic rings. The molecule has 88 valence electrons. The van der Waals surface area contributed by atoms with Crippen molar-refractivity contribution in [3.63, 3.8) is 0 Å². The Morgan fingerprint density at radius 1 is 1.06 bits per heavy atom. The van der Waals surface area contributed by atoms with Crippen LogP contribution in [0.3, 0.4) is 0 Å². The predicted molar refractivity (Wildman–Crippen MR) is 72.1 cm³/mol. The number of nitrogens with zero attached hydrogens (tertiary/aromatic N) is 2. The molecule has 0 aliphatic rings. The molecule has 0 amide bonds. The molecule has 0 unspecified atom stereocenters. The van der Waals surface area contributed by atoms with Crippen LogP contribution in [-0.4, -0.2) is 18.6 Å². The minimum Gasteiger partial charge on any atom is -0.399 e. The highest BCUT2D eigenvalue weighted by Gasteiger charge is 2.00. The molecule has 0 fully saturated rings. The standard InChI is InChI=1S/C14H17N3/c1-17(14-4-2-13(15)3-5-14)11-8-12-6-9-16-10-7-12/h2-7,9-10H,8,11,15H2,1H3. The lowest BCUT2D eigenvalue weighted by Crippen LogP contribution is -2.20. The third kappa shape index (κ3) is 3.21. The summed E-state index contributed by atoms with van der Waals surface area (Å²) < 4.78 is 0. The lowest BCUT2D eigenvalue weighted by atomic mass is 10.2. The minimum absolute atomic E-state index is 0.802. The molecule has 2 N–H and O–H groups in total. The monoisotopic (exact) mass is 227 g/mol. The number of pyridine rings is 1. The molecule has 0 radical (unpaired) electrons. The fraction of sp³-hybridized carbons (Fsp3) is 0.214. The van der Waals surface area contributed by atoms with Gasteiger partial charge in [-0.25, -0.2) is 0 Å². The fourth-order valence-electron chi connectivity index (χ4n) is 1.70. The van der Waals surface area contributed by atoms with Crippen molar-refractivity contribution in [2.75, 3.05) is 24.2 Å². The maximum atomic E-state index is 5.67. The van der Waals surface area contributed by atoms with Gasteiger partial charge >= 0.3 is 0 Å². The summed E-state index contributed by atoms with van der Waals surface area (Å²) in [5.74, 6) is 0. The van der Waals surface area contributed by atoms with E-state index >= 15 is 0 Å². The number of benzene rings is 1. The van der Waals surface area contributed by atoms with Gasteiger partial charge in [0.05, 0.1) is 0 Å². The Balaban J connectivity index is 1.93. The zero-order valence-electron chi connectivity index (χ0n) is 10.0. The summed E-state index contributed by atoms with van der Waals surface area (Å²) in [6.45, 7) is 0.980. The van der Waals surface area contributed by atoms with Crippen LogP contribution in [0.5, 0.6) is 0 Å². The summed E-state index contributed by atoms with van der Waals surface area (Å²) in [4.78, 5) is 6.23. The molecule has 1 aromatic heterocycles. The van der Waals surface area contributed by atoms with Gasteiger partial charge in [0.2, 0.25) is 0 Å². The summed E-state index contributed by atoms with van der Waals surface area (Å²) >= 11 is 0. The summed E-state index contributed by atoms with van der Waals surface area (Å²) in [5.41, 5.74) is 8.96. The molecule has 0 bridgehead atoms. The zero-order valence-corrected chi connectivity index (χ0v) is 10.0. The third-order valence-corrected chi connectivity index (χ3v) is 2.82. The number of hydrogen-bond donors (Lipinski definition) is 1. The SMILES string of the molecule is CN(CCc1ccncc1)c1ccc(N)cc1. The van der Waals surface area contributed by atoms with E-state index in [1.807, 2.05) is 36.7 Å². The number of hydrogen-bond acceptors (Lipinski definition) is 3. The lowest BCUT2D eigenvalue weighted by Gasteiger charge is -2.19. The Morgan fingerprint density at radius 3 is 2.35 bits per heavy atom. The van der Waals surface area contributed by atoms with Crippen LogP contribution in [0.25, 0.3) is 0 Å². The smallest absolute Gasteiger partial charge is 0.0365 e. The second kappa shape index (κ2) is 5.34. The van der Waals surface area contributed by atoms with E-state index in [0.717, 1.165) is 18.7 Å². The van der Waals surface area contributed by atoms with Crippen LogP contribution >= 0.6 is 0 Å². The second-order valence-corrected chi connectivity index (χ2v) is 4.12. The van der Waals surface area contributed by atoms with Crippen LogP contribution in [0.1, 0.15) is 5.56 Å². The molecule has 1 aromatic carbocycles. The summed E-state index contributed by atoms with van der Waals surface area (Å²) in [5, 5.41) is 0. The average molecular weight is 227 g/mol. The van der Waals surface area contributed by atoms with Gasteiger partial charge in [-0.2, -0.15) is 0 Å². The Bertz CT molecular complexity index is 451. The first-order valence-corrected chi connectivity index (χ1v) is 5.71. The molecule has 17 heavy (non-hydrogen) atoms. The van der Waals surface area contributed by atoms with Crippen molar-refractivity contribution in [3.8, 4) is 0 Å². The topological polar surface area (TPSA) is 42.2 Å². The molecule has 0 spiro atoms. The van der Waals surface area contributed by atoms with Gasteiger partial charge in [0, 0.05) is 37.4 Å². The maximum absolute atomic E-state index is 5.67. The second-order valence-electron chi connectivity index (χ2n) is 4.12. The molecule has 2 rings (SSSR count). The lowest BCUT2D eigenvalue weighted by molar-refractivity contribution is 0.875. The number of anilines is 2. The number of nitrogens with two attached hydrogens (primary N) is 1. The van der Waals surface area contributed by atoms with Gasteiger partial charge < -0.3 is 10.6 Å². The van der Waals surface area contributed by atoms with E-state index < -0.39 is 0 Å². The largest absolute Gasteiger partial charge is 0.399 e. The molecule has 0 atom stereocenters. The Morgan fingerprint density at radius 2 is 1.71 bits per heavy atom. The van der Waals surface area contributed by atoms with Gasteiger partial charge in [-0.05, 0) is 48.4 Å². The van der Waals surface area contributed by atoms with E-state index in [-0.39, 0.29) is 0 Å². The maximum Gasteiger partial charge on any atom is 0.0365 e. The fourth-order valence-corrected chi connectivity index (χ4v) is 1.70. The molecule has 0 aliphatic heterocycles. The third-order valence-electron chi connectivity index (χ3n) is 2.82. The van der Waals surface area contributed by atoms with Crippen molar-refractivity contribution >= 4 is 11.4 Å². The normalized spacial score (nSPS) is 10.2. The number of likely N-dealkylation sites (N-methyl/N-ethyl adjacent to an activating group) is 1. The number of nitrogen functional groups attached to an aromatic ring is 1. The number of aromatic nitrogens is 1. The van der Waals surface area contributed by atoms with Crippen LogP contribution < -0.4 is 10.6 Å². The van der Waals surface area contributed by atoms with Crippen molar-refractivity contribution in [3.05, 3.63) is 54.4 Å². The molecular weight excluding hydrogens is 210 g/mol. The highest BCUT2D eigenvalue weighted by Crippen LogP contribution is 2.15. The highest BCUT2D eigenvalue weighted by atomic mass is 15.1.